The van der Waals surface area contributed by atoms with E-state index < -0.39 is 16.1 Å². The summed E-state index contributed by atoms with van der Waals surface area (Å²) in [6, 6.07) is 8.42. The molecule has 2 aliphatic heterocycles. The second-order valence-electron chi connectivity index (χ2n) is 8.13. The number of H-pyrrole nitrogens is 1. The van der Waals surface area contributed by atoms with Gasteiger partial charge in [0.25, 0.3) is 5.56 Å². The van der Waals surface area contributed by atoms with Gasteiger partial charge in [0, 0.05) is 32.1 Å². The minimum Gasteiger partial charge on any atom is -0.309 e. The van der Waals surface area contributed by atoms with E-state index in [4.69, 9.17) is 4.98 Å². The molecule has 7 nitrogen and oxygen atoms in total. The summed E-state index contributed by atoms with van der Waals surface area (Å²) in [7, 11) is -3.65. The van der Waals surface area contributed by atoms with Crippen LogP contribution in [0.25, 0.3) is 0 Å². The molecule has 1 fully saturated rings. The molecule has 0 bridgehead atoms. The number of aromatic amines is 1. The zero-order valence-corrected chi connectivity index (χ0v) is 17.8. The van der Waals surface area contributed by atoms with Crippen LogP contribution in [0.15, 0.2) is 40.0 Å². The third kappa shape index (κ3) is 3.89. The number of nitrogens with zero attached hydrogens (tertiary/aromatic N) is 3. The van der Waals surface area contributed by atoms with Crippen molar-refractivity contribution in [2.75, 3.05) is 13.1 Å². The van der Waals surface area contributed by atoms with Crippen molar-refractivity contribution in [3.63, 3.8) is 0 Å². The van der Waals surface area contributed by atoms with Gasteiger partial charge in [-0.15, -0.1) is 0 Å². The summed E-state index contributed by atoms with van der Waals surface area (Å²) < 4.78 is 28.0. The second-order valence-corrected chi connectivity index (χ2v) is 10.0. The maximum Gasteiger partial charge on any atom is 0.255 e. The van der Waals surface area contributed by atoms with Crippen molar-refractivity contribution < 1.29 is 8.42 Å². The summed E-state index contributed by atoms with van der Waals surface area (Å²) >= 11 is 0. The van der Waals surface area contributed by atoms with Crippen molar-refractivity contribution >= 4 is 10.0 Å². The number of hydrogen-bond donors (Lipinski definition) is 1. The van der Waals surface area contributed by atoms with E-state index >= 15 is 0 Å². The van der Waals surface area contributed by atoms with Gasteiger partial charge in [0.05, 0.1) is 22.2 Å². The minimum absolute atomic E-state index is 0.141. The Hall–Kier alpha value is -2.03. The van der Waals surface area contributed by atoms with Gasteiger partial charge in [-0.25, -0.2) is 13.4 Å². The summed E-state index contributed by atoms with van der Waals surface area (Å²) in [6.07, 6.45) is 3.09. The Labute approximate surface area is 171 Å². The molecule has 1 saturated heterocycles. The van der Waals surface area contributed by atoms with Crippen LogP contribution in [0, 0.1) is 0 Å². The number of rotatable bonds is 4. The number of piperidine rings is 1. The third-order valence-electron chi connectivity index (χ3n) is 5.97. The molecule has 0 radical (unpaired) electrons. The zero-order chi connectivity index (χ0) is 20.6. The summed E-state index contributed by atoms with van der Waals surface area (Å²) in [5.41, 5.74) is 1.38. The molecule has 0 unspecified atom stereocenters. The number of hydrogen-bond acceptors (Lipinski definition) is 5. The highest BCUT2D eigenvalue weighted by Gasteiger charge is 2.36. The van der Waals surface area contributed by atoms with Crippen molar-refractivity contribution in [1.82, 2.24) is 19.2 Å². The number of fused-ring (bicyclic) bond motifs is 1. The smallest absolute Gasteiger partial charge is 0.255 e. The quantitative estimate of drug-likeness (QED) is 0.827. The van der Waals surface area contributed by atoms with Gasteiger partial charge < -0.3 is 4.98 Å². The Bertz CT molecular complexity index is 1030. The van der Waals surface area contributed by atoms with E-state index in [1.807, 2.05) is 0 Å². The van der Waals surface area contributed by atoms with Crippen LogP contribution in [-0.2, 0) is 23.0 Å². The molecule has 2 aromatic rings. The Morgan fingerprint density at radius 3 is 2.62 bits per heavy atom. The molecular formula is C21H28N4O3S. The van der Waals surface area contributed by atoms with Crippen LogP contribution < -0.4 is 5.56 Å². The molecule has 0 saturated carbocycles. The highest BCUT2D eigenvalue weighted by atomic mass is 32.2. The molecule has 0 spiro atoms. The molecule has 1 atom stereocenters. The zero-order valence-electron chi connectivity index (χ0n) is 17.0. The van der Waals surface area contributed by atoms with Crippen LogP contribution in [0.5, 0.6) is 0 Å². The normalized spacial score (nSPS) is 21.3. The molecule has 2 aliphatic rings. The van der Waals surface area contributed by atoms with Crippen molar-refractivity contribution in [1.29, 1.82) is 0 Å². The van der Waals surface area contributed by atoms with Crippen LogP contribution in [0.1, 0.15) is 56.2 Å². The molecule has 3 heterocycles. The van der Waals surface area contributed by atoms with E-state index in [0.717, 1.165) is 25.1 Å². The third-order valence-corrected chi connectivity index (χ3v) is 7.89. The number of sulfonamides is 1. The first-order valence-corrected chi connectivity index (χ1v) is 11.7. The molecule has 156 valence electrons. The van der Waals surface area contributed by atoms with Crippen molar-refractivity contribution in [3.05, 3.63) is 57.8 Å². The van der Waals surface area contributed by atoms with Crippen LogP contribution in [-0.4, -0.2) is 46.7 Å². The molecule has 1 aromatic heterocycles. The second kappa shape index (κ2) is 8.01. The predicted molar refractivity (Wildman–Crippen MR) is 111 cm³/mol. The first-order valence-electron chi connectivity index (χ1n) is 10.3. The fourth-order valence-electron chi connectivity index (χ4n) is 4.26. The van der Waals surface area contributed by atoms with Gasteiger partial charge >= 0.3 is 0 Å². The fraction of sp³-hybridized carbons (Fsp3) is 0.524. The molecule has 1 N–H and O–H groups in total. The summed E-state index contributed by atoms with van der Waals surface area (Å²) in [5, 5.41) is 0. The Morgan fingerprint density at radius 2 is 1.90 bits per heavy atom. The highest BCUT2D eigenvalue weighted by molar-refractivity contribution is 7.89. The molecule has 29 heavy (non-hydrogen) atoms. The summed E-state index contributed by atoms with van der Waals surface area (Å²) in [6.45, 7) is 6.12. The van der Waals surface area contributed by atoms with Gasteiger partial charge in [-0.05, 0) is 38.8 Å². The van der Waals surface area contributed by atoms with Crippen LogP contribution in [0.2, 0.25) is 0 Å². The monoisotopic (exact) mass is 416 g/mol. The maximum absolute atomic E-state index is 13.3. The molecule has 1 aromatic carbocycles. The van der Waals surface area contributed by atoms with Crippen LogP contribution >= 0.6 is 0 Å². The predicted octanol–water partition coefficient (Wildman–Crippen LogP) is 2.45. The SMILES string of the molecule is CC(C)N1CCc2nc([C@@H]3CCCCN3S(=O)(=O)c3ccccc3)[nH]c(=O)c2C1. The summed E-state index contributed by atoms with van der Waals surface area (Å²) in [5.74, 6) is 0.478. The topological polar surface area (TPSA) is 86.4 Å². The molecule has 0 amide bonds. The first kappa shape index (κ1) is 20.3. The van der Waals surface area contributed by atoms with Crippen LogP contribution in [0.4, 0.5) is 0 Å². The average molecular weight is 417 g/mol. The van der Waals surface area contributed by atoms with Crippen molar-refractivity contribution in [3.8, 4) is 0 Å². The maximum atomic E-state index is 13.3. The Balaban J connectivity index is 1.70. The lowest BCUT2D eigenvalue weighted by Gasteiger charge is -2.35. The van der Waals surface area contributed by atoms with E-state index in [-0.39, 0.29) is 10.5 Å². The van der Waals surface area contributed by atoms with E-state index in [1.165, 1.54) is 4.31 Å². The number of nitrogens with one attached hydrogen (secondary N) is 1. The Morgan fingerprint density at radius 1 is 1.14 bits per heavy atom. The number of benzene rings is 1. The van der Waals surface area contributed by atoms with E-state index in [0.29, 0.717) is 43.4 Å². The molecular weight excluding hydrogens is 388 g/mol. The fourth-order valence-corrected chi connectivity index (χ4v) is 5.94. The van der Waals surface area contributed by atoms with Crippen LogP contribution in [0.3, 0.4) is 0 Å². The van der Waals surface area contributed by atoms with Gasteiger partial charge in [0.2, 0.25) is 10.0 Å². The Kier molecular flexibility index (Phi) is 5.59. The van der Waals surface area contributed by atoms with Crippen molar-refractivity contribution in [2.24, 2.45) is 0 Å². The van der Waals surface area contributed by atoms with E-state index in [9.17, 15) is 13.2 Å². The standard InChI is InChI=1S/C21H28N4O3S/c1-15(2)24-13-11-18-17(14-24)21(26)23-20(22-18)19-10-6-7-12-25(19)29(27,28)16-8-4-3-5-9-16/h3-5,8-9,15,19H,6-7,10-14H2,1-2H3,(H,22,23,26)/t19-/m0/s1. The lowest BCUT2D eigenvalue weighted by molar-refractivity contribution is 0.198. The molecule has 8 heteroatoms. The van der Waals surface area contributed by atoms with Crippen molar-refractivity contribution in [2.45, 2.75) is 63.1 Å². The highest BCUT2D eigenvalue weighted by Crippen LogP contribution is 2.34. The van der Waals surface area contributed by atoms with E-state index in [2.05, 4.69) is 23.7 Å². The molecule has 0 aliphatic carbocycles. The van der Waals surface area contributed by atoms with Gasteiger partial charge in [-0.2, -0.15) is 4.31 Å². The minimum atomic E-state index is -3.65. The van der Waals surface area contributed by atoms with E-state index in [1.54, 1.807) is 30.3 Å². The van der Waals surface area contributed by atoms with Gasteiger partial charge in [-0.1, -0.05) is 24.6 Å². The van der Waals surface area contributed by atoms with Gasteiger partial charge in [0.1, 0.15) is 5.82 Å². The van der Waals surface area contributed by atoms with Gasteiger partial charge in [0.15, 0.2) is 0 Å². The lowest BCUT2D eigenvalue weighted by Crippen LogP contribution is -2.42. The lowest BCUT2D eigenvalue weighted by atomic mass is 10.0. The summed E-state index contributed by atoms with van der Waals surface area (Å²) in [4.78, 5) is 23.0. The average Bonchev–Trinajstić information content (AvgIpc) is 2.74. The number of aromatic nitrogens is 2. The van der Waals surface area contributed by atoms with Gasteiger partial charge in [-0.3, -0.25) is 9.69 Å². The largest absolute Gasteiger partial charge is 0.309 e. The molecule has 4 rings (SSSR count). The first-order chi connectivity index (χ1) is 13.9.